The Morgan fingerprint density at radius 3 is 1.73 bits per heavy atom. The van der Waals surface area contributed by atoms with E-state index in [0.29, 0.717) is 0 Å². The van der Waals surface area contributed by atoms with Crippen molar-refractivity contribution in [2.45, 2.75) is 91.0 Å². The third-order valence-corrected chi connectivity index (χ3v) is 13.8. The highest BCUT2D eigenvalue weighted by Gasteiger charge is 2.32. The molecule has 0 spiro atoms. The van der Waals surface area contributed by atoms with E-state index in [4.69, 9.17) is 0 Å². The Kier molecular flexibility index (Phi) is 10.8. The zero-order chi connectivity index (χ0) is 46.0. The van der Waals surface area contributed by atoms with Gasteiger partial charge >= 0.3 is 0 Å². The van der Waals surface area contributed by atoms with Crippen molar-refractivity contribution in [2.75, 3.05) is 4.90 Å². The Balaban J connectivity index is 1.25. The molecule has 0 radical (unpaired) electrons. The zero-order valence-corrected chi connectivity index (χ0v) is 40.2. The molecule has 1 aliphatic carbocycles. The summed E-state index contributed by atoms with van der Waals surface area (Å²) in [5, 5.41) is 5.02. The minimum Gasteiger partial charge on any atom is -0.332 e. The minimum atomic E-state index is -0.0425. The highest BCUT2D eigenvalue weighted by Crippen LogP contribution is 2.48. The molecule has 8 aromatic carbocycles. The molecule has 0 aliphatic heterocycles. The number of anilines is 2. The van der Waals surface area contributed by atoms with Crippen LogP contribution < -0.4 is 4.90 Å². The lowest BCUT2D eigenvalue weighted by Crippen LogP contribution is -2.33. The molecule has 0 saturated heterocycles. The normalized spacial score (nSPS) is 14.6. The Bertz CT molecular complexity index is 3280. The maximum Gasteiger partial charge on any atom is 0.0632 e. The first-order chi connectivity index (χ1) is 31.7. The number of benzene rings is 8. The van der Waals surface area contributed by atoms with Crippen molar-refractivity contribution in [3.8, 4) is 27.9 Å². The van der Waals surface area contributed by atoms with E-state index >= 15 is 0 Å². The second kappa shape index (κ2) is 16.5. The molecule has 328 valence electrons. The molecule has 1 aliphatic rings. The van der Waals surface area contributed by atoms with Gasteiger partial charge in [-0.15, -0.1) is 0 Å². The van der Waals surface area contributed by atoms with Crippen LogP contribution in [-0.2, 0) is 16.2 Å². The van der Waals surface area contributed by atoms with Crippen LogP contribution in [0.1, 0.15) is 91.0 Å². The van der Waals surface area contributed by atoms with E-state index in [-0.39, 0.29) is 22.3 Å². The summed E-state index contributed by atoms with van der Waals surface area (Å²) in [6.07, 6.45) is 7.88. The first-order valence-electron chi connectivity index (χ1n) is 23.8. The van der Waals surface area contributed by atoms with Crippen molar-refractivity contribution < 1.29 is 0 Å². The molecule has 10 rings (SSSR count). The number of para-hydroxylation sites is 3. The first kappa shape index (κ1) is 43.0. The Hall–Kier alpha value is -6.90. The van der Waals surface area contributed by atoms with Crippen molar-refractivity contribution >= 4 is 49.5 Å². The van der Waals surface area contributed by atoms with Gasteiger partial charge in [-0.1, -0.05) is 220 Å². The predicted octanol–water partition coefficient (Wildman–Crippen LogP) is 17.7. The van der Waals surface area contributed by atoms with Crippen LogP contribution in [0.25, 0.3) is 66.1 Å². The number of aromatic nitrogens is 1. The summed E-state index contributed by atoms with van der Waals surface area (Å²) < 4.78 is 2.44. The lowest BCUT2D eigenvalue weighted by Gasteiger charge is -2.38. The Morgan fingerprint density at radius 2 is 1.03 bits per heavy atom. The number of hydrogen-bond acceptors (Lipinski definition) is 1. The molecule has 1 unspecified atom stereocenters. The molecule has 0 amide bonds. The standard InChI is InChI=1S/C64H62N2/c1-62(2,3)46-38-36-43(37-39-46)50-26-13-16-31-55(50)66(59-35-21-34-58-61(59)54-28-15-18-33-57(54)65(58)49-24-11-10-12-25-49)56-32-17-14-27-52(56)53-30-20-23-44-22-19-29-51(60(44)53)45-40-47(63(4,5)6)42-48(41-45)64(7,8)9/h10-31,33-42,56H,32H2,1-9H3. The van der Waals surface area contributed by atoms with Crippen LogP contribution in [0.5, 0.6) is 0 Å². The molecule has 0 saturated carbocycles. The molecule has 1 heterocycles. The maximum absolute atomic E-state index is 2.69. The van der Waals surface area contributed by atoms with Gasteiger partial charge in [-0.05, 0) is 114 Å². The molecule has 2 heteroatoms. The van der Waals surface area contributed by atoms with Gasteiger partial charge < -0.3 is 9.47 Å². The maximum atomic E-state index is 2.69. The highest BCUT2D eigenvalue weighted by atomic mass is 15.2. The van der Waals surface area contributed by atoms with Crippen LogP contribution in [0.3, 0.4) is 0 Å². The highest BCUT2D eigenvalue weighted by molar-refractivity contribution is 6.16. The number of rotatable bonds is 7. The van der Waals surface area contributed by atoms with Crippen molar-refractivity contribution in [1.29, 1.82) is 0 Å². The minimum absolute atomic E-state index is 0.00315. The third-order valence-electron chi connectivity index (χ3n) is 13.8. The second-order valence-corrected chi connectivity index (χ2v) is 21.4. The Morgan fingerprint density at radius 1 is 0.455 bits per heavy atom. The summed E-state index contributed by atoms with van der Waals surface area (Å²) in [4.78, 5) is 2.69. The molecule has 9 aromatic rings. The van der Waals surface area contributed by atoms with Gasteiger partial charge in [0.15, 0.2) is 0 Å². The van der Waals surface area contributed by atoms with Crippen LogP contribution >= 0.6 is 0 Å². The molecule has 0 N–H and O–H groups in total. The van der Waals surface area contributed by atoms with Crippen LogP contribution in [-0.4, -0.2) is 10.6 Å². The van der Waals surface area contributed by atoms with Gasteiger partial charge in [-0.25, -0.2) is 0 Å². The van der Waals surface area contributed by atoms with Crippen LogP contribution in [0, 0.1) is 0 Å². The van der Waals surface area contributed by atoms with E-state index in [9.17, 15) is 0 Å². The predicted molar refractivity (Wildman–Crippen MR) is 286 cm³/mol. The van der Waals surface area contributed by atoms with Gasteiger partial charge in [0.1, 0.15) is 0 Å². The fourth-order valence-corrected chi connectivity index (χ4v) is 10.2. The third kappa shape index (κ3) is 7.77. The number of fused-ring (bicyclic) bond motifs is 4. The molecule has 66 heavy (non-hydrogen) atoms. The second-order valence-electron chi connectivity index (χ2n) is 21.4. The van der Waals surface area contributed by atoms with E-state index in [1.165, 1.54) is 94.0 Å². The van der Waals surface area contributed by atoms with Gasteiger partial charge in [-0.2, -0.15) is 0 Å². The van der Waals surface area contributed by atoms with Crippen molar-refractivity contribution in [2.24, 2.45) is 0 Å². The van der Waals surface area contributed by atoms with E-state index < -0.39 is 0 Å². The molecule has 0 fully saturated rings. The van der Waals surface area contributed by atoms with Gasteiger partial charge in [0.2, 0.25) is 0 Å². The van der Waals surface area contributed by atoms with E-state index in [2.05, 4.69) is 266 Å². The molecular formula is C64H62N2. The van der Waals surface area contributed by atoms with E-state index in [1.54, 1.807) is 0 Å². The number of nitrogens with zero attached hydrogens (tertiary/aromatic N) is 2. The molecule has 1 atom stereocenters. The number of hydrogen-bond donors (Lipinski definition) is 0. The molecular weight excluding hydrogens is 797 g/mol. The smallest absolute Gasteiger partial charge is 0.0632 e. The molecule has 2 nitrogen and oxygen atoms in total. The van der Waals surface area contributed by atoms with Gasteiger partial charge in [0.25, 0.3) is 0 Å². The van der Waals surface area contributed by atoms with Gasteiger partial charge in [0, 0.05) is 27.7 Å². The average Bonchev–Trinajstić information content (AvgIpc) is 3.66. The molecule has 1 aromatic heterocycles. The topological polar surface area (TPSA) is 8.17 Å². The van der Waals surface area contributed by atoms with E-state index in [0.717, 1.165) is 12.1 Å². The summed E-state index contributed by atoms with van der Waals surface area (Å²) in [6, 6.07) is 66.1. The average molecular weight is 859 g/mol. The summed E-state index contributed by atoms with van der Waals surface area (Å²) >= 11 is 0. The largest absolute Gasteiger partial charge is 0.332 e. The quantitative estimate of drug-likeness (QED) is 0.155. The van der Waals surface area contributed by atoms with Crippen molar-refractivity contribution in [3.05, 3.63) is 216 Å². The van der Waals surface area contributed by atoms with Gasteiger partial charge in [-0.3, -0.25) is 0 Å². The van der Waals surface area contributed by atoms with Gasteiger partial charge in [0.05, 0.1) is 22.8 Å². The summed E-state index contributed by atoms with van der Waals surface area (Å²) in [5.41, 5.74) is 17.6. The van der Waals surface area contributed by atoms with Crippen LogP contribution in [0.4, 0.5) is 11.4 Å². The Labute approximate surface area is 392 Å². The van der Waals surface area contributed by atoms with Crippen LogP contribution in [0.15, 0.2) is 194 Å². The summed E-state index contributed by atoms with van der Waals surface area (Å²) in [7, 11) is 0. The monoisotopic (exact) mass is 858 g/mol. The van der Waals surface area contributed by atoms with Crippen molar-refractivity contribution in [3.63, 3.8) is 0 Å². The zero-order valence-electron chi connectivity index (χ0n) is 40.2. The lowest BCUT2D eigenvalue weighted by molar-refractivity contribution is 0.569. The fraction of sp³-hybridized carbons (Fsp3) is 0.219. The molecule has 0 bridgehead atoms. The summed E-state index contributed by atoms with van der Waals surface area (Å²) in [6.45, 7) is 20.9. The number of allylic oxidation sites excluding steroid dienone is 2. The SMILES string of the molecule is CC(C)(C)c1ccc(-c2ccccc2N(c2cccc3c2c2ccccc2n3-c2ccccc2)C2CC=CC=C2c2cccc3cccc(-c4cc(C(C)(C)C)cc(C(C)(C)C)c4)c23)cc1. The summed E-state index contributed by atoms with van der Waals surface area (Å²) in [5.74, 6) is 0. The van der Waals surface area contributed by atoms with Crippen LogP contribution in [0.2, 0.25) is 0 Å². The lowest BCUT2D eigenvalue weighted by atomic mass is 9.78. The van der Waals surface area contributed by atoms with Crippen molar-refractivity contribution in [1.82, 2.24) is 4.57 Å². The van der Waals surface area contributed by atoms with E-state index in [1.807, 2.05) is 0 Å². The fourth-order valence-electron chi connectivity index (χ4n) is 10.2. The first-order valence-corrected chi connectivity index (χ1v) is 23.8.